The van der Waals surface area contributed by atoms with Crippen LogP contribution in [0.2, 0.25) is 0 Å². The highest BCUT2D eigenvalue weighted by Crippen LogP contribution is 2.15. The summed E-state index contributed by atoms with van der Waals surface area (Å²) in [5.74, 6) is 0.503. The molecule has 0 aliphatic rings. The van der Waals surface area contributed by atoms with Gasteiger partial charge in [0, 0.05) is 5.69 Å². The molecule has 0 saturated carbocycles. The number of ether oxygens (including phenoxy) is 2. The molecule has 0 unspecified atom stereocenters. The van der Waals surface area contributed by atoms with Gasteiger partial charge >= 0.3 is 0 Å². The van der Waals surface area contributed by atoms with Crippen LogP contribution in [-0.2, 0) is 4.74 Å². The lowest BCUT2D eigenvalue weighted by molar-refractivity contribution is -0.0164. The first-order valence-electron chi connectivity index (χ1n) is 5.62. The van der Waals surface area contributed by atoms with Crippen LogP contribution in [0, 0.1) is 6.92 Å². The van der Waals surface area contributed by atoms with Gasteiger partial charge < -0.3 is 9.47 Å². The molecule has 4 heteroatoms. The van der Waals surface area contributed by atoms with Crippen molar-refractivity contribution in [3.8, 4) is 5.75 Å². The first-order valence-corrected chi connectivity index (χ1v) is 5.62. The number of pyridine rings is 1. The number of aryl methyl sites for hydroxylation is 1. The smallest absolute Gasteiger partial charge is 0.172 e. The molecule has 0 aliphatic heterocycles. The minimum atomic E-state index is -0.178. The Morgan fingerprint density at radius 3 is 2.59 bits per heavy atom. The van der Waals surface area contributed by atoms with Crippen LogP contribution >= 0.6 is 0 Å². The van der Waals surface area contributed by atoms with Gasteiger partial charge in [-0.25, -0.2) is 4.98 Å². The molecule has 0 radical (unpaired) electrons. The van der Waals surface area contributed by atoms with E-state index >= 15 is 0 Å². The van der Waals surface area contributed by atoms with Crippen LogP contribution in [0.3, 0.4) is 0 Å². The van der Waals surface area contributed by atoms with Crippen molar-refractivity contribution < 1.29 is 14.3 Å². The lowest BCUT2D eigenvalue weighted by Crippen LogP contribution is -2.22. The summed E-state index contributed by atoms with van der Waals surface area (Å²) in [6.07, 6.45) is 0.701. The van der Waals surface area contributed by atoms with E-state index in [1.54, 1.807) is 6.07 Å². The predicted octanol–water partition coefficient (Wildman–Crippen LogP) is 2.40. The second-order valence-electron chi connectivity index (χ2n) is 4.76. The van der Waals surface area contributed by atoms with Crippen molar-refractivity contribution in [2.24, 2.45) is 0 Å². The summed E-state index contributed by atoms with van der Waals surface area (Å²) in [7, 11) is 0. The SMILES string of the molecule is Cc1ccc(OCCOC(C)(C)C)c(C=O)n1. The standard InChI is InChI=1S/C13H19NO3/c1-10-5-6-12(11(9-15)14-10)16-7-8-17-13(2,3)4/h5-6,9H,7-8H2,1-4H3. The van der Waals surface area contributed by atoms with E-state index in [0.717, 1.165) is 5.69 Å². The second-order valence-corrected chi connectivity index (χ2v) is 4.76. The lowest BCUT2D eigenvalue weighted by atomic mass is 10.2. The molecular formula is C13H19NO3. The summed E-state index contributed by atoms with van der Waals surface area (Å²) < 4.78 is 11.0. The first-order chi connectivity index (χ1) is 7.92. The number of carbonyl (C=O) groups is 1. The van der Waals surface area contributed by atoms with Gasteiger partial charge in [0.05, 0.1) is 12.2 Å². The number of carbonyl (C=O) groups excluding carboxylic acids is 1. The predicted molar refractivity (Wildman–Crippen MR) is 65.6 cm³/mol. The molecule has 0 saturated heterocycles. The van der Waals surface area contributed by atoms with Gasteiger partial charge in [0.25, 0.3) is 0 Å². The molecule has 0 bridgehead atoms. The average molecular weight is 237 g/mol. The number of rotatable bonds is 5. The van der Waals surface area contributed by atoms with Crippen LogP contribution in [0.25, 0.3) is 0 Å². The third-order valence-corrected chi connectivity index (χ3v) is 2.01. The highest BCUT2D eigenvalue weighted by molar-refractivity contribution is 5.76. The van der Waals surface area contributed by atoms with Crippen molar-refractivity contribution in [2.75, 3.05) is 13.2 Å². The van der Waals surface area contributed by atoms with E-state index in [1.807, 2.05) is 33.8 Å². The highest BCUT2D eigenvalue weighted by Gasteiger charge is 2.10. The molecule has 0 spiro atoms. The monoisotopic (exact) mass is 237 g/mol. The number of nitrogens with zero attached hydrogens (tertiary/aromatic N) is 1. The third-order valence-electron chi connectivity index (χ3n) is 2.01. The summed E-state index contributed by atoms with van der Waals surface area (Å²) in [4.78, 5) is 14.9. The fourth-order valence-electron chi connectivity index (χ4n) is 1.27. The maximum atomic E-state index is 10.8. The maximum Gasteiger partial charge on any atom is 0.172 e. The van der Waals surface area contributed by atoms with Crippen molar-refractivity contribution in [3.63, 3.8) is 0 Å². The molecule has 1 aromatic heterocycles. The van der Waals surface area contributed by atoms with Crippen molar-refractivity contribution in [3.05, 3.63) is 23.5 Å². The van der Waals surface area contributed by atoms with Crippen molar-refractivity contribution in [2.45, 2.75) is 33.3 Å². The van der Waals surface area contributed by atoms with E-state index in [9.17, 15) is 4.79 Å². The second kappa shape index (κ2) is 5.77. The van der Waals surface area contributed by atoms with E-state index < -0.39 is 0 Å². The molecule has 0 N–H and O–H groups in total. The molecule has 0 atom stereocenters. The Morgan fingerprint density at radius 1 is 1.29 bits per heavy atom. The van der Waals surface area contributed by atoms with Gasteiger partial charge in [0.2, 0.25) is 0 Å². The largest absolute Gasteiger partial charge is 0.489 e. The minimum Gasteiger partial charge on any atom is -0.489 e. The Balaban J connectivity index is 2.49. The van der Waals surface area contributed by atoms with Gasteiger partial charge in [0.15, 0.2) is 6.29 Å². The quantitative estimate of drug-likeness (QED) is 0.583. The minimum absolute atomic E-state index is 0.178. The molecule has 1 rings (SSSR count). The van der Waals surface area contributed by atoms with Gasteiger partial charge in [-0.3, -0.25) is 4.79 Å². The van der Waals surface area contributed by atoms with Crippen molar-refractivity contribution in [1.29, 1.82) is 0 Å². The zero-order valence-corrected chi connectivity index (χ0v) is 10.8. The Kier molecular flexibility index (Phi) is 4.63. The number of aromatic nitrogens is 1. The molecule has 0 amide bonds. The summed E-state index contributed by atoms with van der Waals surface area (Å²) >= 11 is 0. The van der Waals surface area contributed by atoms with Crippen LogP contribution in [0.4, 0.5) is 0 Å². The molecule has 94 valence electrons. The highest BCUT2D eigenvalue weighted by atomic mass is 16.5. The van der Waals surface area contributed by atoms with Crippen LogP contribution in [0.5, 0.6) is 5.75 Å². The van der Waals surface area contributed by atoms with E-state index in [4.69, 9.17) is 9.47 Å². The Morgan fingerprint density at radius 2 is 2.00 bits per heavy atom. The van der Waals surface area contributed by atoms with Gasteiger partial charge in [0.1, 0.15) is 18.1 Å². The van der Waals surface area contributed by atoms with Crippen molar-refractivity contribution in [1.82, 2.24) is 4.98 Å². The normalized spacial score (nSPS) is 11.3. The van der Waals surface area contributed by atoms with E-state index in [-0.39, 0.29) is 5.60 Å². The van der Waals surface area contributed by atoms with E-state index in [2.05, 4.69) is 4.98 Å². The summed E-state index contributed by atoms with van der Waals surface area (Å²) in [6.45, 7) is 8.67. The summed E-state index contributed by atoms with van der Waals surface area (Å²) in [5, 5.41) is 0. The summed E-state index contributed by atoms with van der Waals surface area (Å²) in [5.41, 5.74) is 0.952. The zero-order chi connectivity index (χ0) is 12.9. The molecule has 17 heavy (non-hydrogen) atoms. The molecule has 1 aromatic rings. The van der Waals surface area contributed by atoms with Gasteiger partial charge in [-0.15, -0.1) is 0 Å². The number of aldehydes is 1. The third kappa shape index (κ3) is 4.95. The molecule has 4 nitrogen and oxygen atoms in total. The van der Waals surface area contributed by atoms with Gasteiger partial charge in [-0.1, -0.05) is 0 Å². The van der Waals surface area contributed by atoms with E-state index in [1.165, 1.54) is 0 Å². The maximum absolute atomic E-state index is 10.8. The number of hydrogen-bond acceptors (Lipinski definition) is 4. The fourth-order valence-corrected chi connectivity index (χ4v) is 1.27. The zero-order valence-electron chi connectivity index (χ0n) is 10.8. The molecule has 0 fully saturated rings. The van der Waals surface area contributed by atoms with Crippen LogP contribution in [0.15, 0.2) is 12.1 Å². The van der Waals surface area contributed by atoms with E-state index in [0.29, 0.717) is 30.9 Å². The Bertz CT molecular complexity index is 383. The van der Waals surface area contributed by atoms with Gasteiger partial charge in [-0.2, -0.15) is 0 Å². The summed E-state index contributed by atoms with van der Waals surface area (Å²) in [6, 6.07) is 3.57. The van der Waals surface area contributed by atoms with Crippen LogP contribution in [0.1, 0.15) is 37.0 Å². The van der Waals surface area contributed by atoms with Crippen LogP contribution < -0.4 is 4.74 Å². The number of hydrogen-bond donors (Lipinski definition) is 0. The molecular weight excluding hydrogens is 218 g/mol. The molecule has 1 heterocycles. The fraction of sp³-hybridized carbons (Fsp3) is 0.538. The molecule has 0 aliphatic carbocycles. The van der Waals surface area contributed by atoms with Crippen LogP contribution in [-0.4, -0.2) is 30.1 Å². The Hall–Kier alpha value is -1.42. The van der Waals surface area contributed by atoms with Crippen molar-refractivity contribution >= 4 is 6.29 Å². The Labute approximate surface area is 102 Å². The molecule has 0 aromatic carbocycles. The average Bonchev–Trinajstić information content (AvgIpc) is 2.24. The van der Waals surface area contributed by atoms with Gasteiger partial charge in [-0.05, 0) is 39.8 Å². The topological polar surface area (TPSA) is 48.4 Å². The first kappa shape index (κ1) is 13.6. The lowest BCUT2D eigenvalue weighted by Gasteiger charge is -2.19.